The number of benzene rings is 1. The van der Waals surface area contributed by atoms with Crippen molar-refractivity contribution in [2.24, 2.45) is 0 Å². The minimum absolute atomic E-state index is 0.0687. The van der Waals surface area contributed by atoms with Gasteiger partial charge in [-0.1, -0.05) is 18.2 Å². The van der Waals surface area contributed by atoms with Gasteiger partial charge in [0.25, 0.3) is 5.91 Å². The molecule has 0 saturated carbocycles. The van der Waals surface area contributed by atoms with E-state index in [0.717, 1.165) is 22.6 Å². The lowest BCUT2D eigenvalue weighted by molar-refractivity contribution is 0.0813. The van der Waals surface area contributed by atoms with Gasteiger partial charge in [0, 0.05) is 19.2 Å². The molecule has 128 valence electrons. The van der Waals surface area contributed by atoms with Gasteiger partial charge in [-0.3, -0.25) is 4.79 Å². The Morgan fingerprint density at radius 1 is 1.28 bits per heavy atom. The van der Waals surface area contributed by atoms with Gasteiger partial charge in [-0.2, -0.15) is 5.10 Å². The molecular formula is C19H19N3O3. The highest BCUT2D eigenvalue weighted by atomic mass is 16.6. The van der Waals surface area contributed by atoms with Crippen molar-refractivity contribution >= 4 is 11.4 Å². The van der Waals surface area contributed by atoms with E-state index in [1.54, 1.807) is 10.7 Å². The summed E-state index contributed by atoms with van der Waals surface area (Å²) < 4.78 is 13.3. The normalized spacial score (nSPS) is 16.0. The van der Waals surface area contributed by atoms with Crippen LogP contribution in [0.15, 0.2) is 48.8 Å². The molecule has 0 aliphatic carbocycles. The van der Waals surface area contributed by atoms with Crippen LogP contribution in [-0.4, -0.2) is 34.8 Å². The minimum Gasteiger partial charge on any atom is -0.486 e. The maximum absolute atomic E-state index is 12.5. The Hall–Kier alpha value is -3.02. The van der Waals surface area contributed by atoms with Gasteiger partial charge in [0.15, 0.2) is 11.5 Å². The van der Waals surface area contributed by atoms with Gasteiger partial charge >= 0.3 is 0 Å². The van der Waals surface area contributed by atoms with Crippen LogP contribution in [0.25, 0.3) is 5.52 Å². The number of amides is 1. The zero-order valence-electron chi connectivity index (χ0n) is 13.9. The molecule has 1 aromatic carbocycles. The molecule has 2 aromatic heterocycles. The van der Waals surface area contributed by atoms with E-state index >= 15 is 0 Å². The molecule has 1 unspecified atom stereocenters. The third kappa shape index (κ3) is 3.03. The molecule has 3 heterocycles. The first kappa shape index (κ1) is 15.5. The third-order valence-corrected chi connectivity index (χ3v) is 4.31. The molecule has 1 aliphatic rings. The van der Waals surface area contributed by atoms with Crippen molar-refractivity contribution in [3.63, 3.8) is 0 Å². The zero-order valence-corrected chi connectivity index (χ0v) is 13.9. The molecule has 1 N–H and O–H groups in total. The molecule has 0 radical (unpaired) electrons. The van der Waals surface area contributed by atoms with E-state index in [4.69, 9.17) is 9.47 Å². The van der Waals surface area contributed by atoms with Crippen molar-refractivity contribution in [1.29, 1.82) is 0 Å². The number of nitrogens with zero attached hydrogens (tertiary/aromatic N) is 2. The topological polar surface area (TPSA) is 64.9 Å². The quantitative estimate of drug-likeness (QED) is 0.795. The van der Waals surface area contributed by atoms with Crippen LogP contribution < -0.4 is 14.8 Å². The average Bonchev–Trinajstić information content (AvgIpc) is 3.07. The lowest BCUT2D eigenvalue weighted by atomic mass is 10.1. The Balaban J connectivity index is 1.37. The molecule has 4 rings (SSSR count). The predicted octanol–water partition coefficient (Wildman–Crippen LogP) is 2.60. The summed E-state index contributed by atoms with van der Waals surface area (Å²) in [6, 6.07) is 11.5. The van der Waals surface area contributed by atoms with Crippen LogP contribution in [-0.2, 0) is 0 Å². The predicted molar refractivity (Wildman–Crippen MR) is 93.2 cm³/mol. The molecule has 0 fully saturated rings. The number of carbonyl (C=O) groups is 1. The first-order valence-corrected chi connectivity index (χ1v) is 8.32. The maximum Gasteiger partial charge on any atom is 0.255 e. The van der Waals surface area contributed by atoms with E-state index in [2.05, 4.69) is 10.4 Å². The molecule has 6 heteroatoms. The number of ether oxygens (including phenoxy) is 2. The summed E-state index contributed by atoms with van der Waals surface area (Å²) in [7, 11) is 0. The van der Waals surface area contributed by atoms with Crippen LogP contribution in [0.5, 0.6) is 11.5 Å². The SMILES string of the molecule is Cc1cccn2ncc(C(=O)NCCC3COc4ccccc4O3)c12. The summed E-state index contributed by atoms with van der Waals surface area (Å²) in [6.07, 6.45) is 4.05. The summed E-state index contributed by atoms with van der Waals surface area (Å²) in [6.45, 7) is 2.97. The second-order valence-electron chi connectivity index (χ2n) is 6.08. The summed E-state index contributed by atoms with van der Waals surface area (Å²) in [5.74, 6) is 1.40. The Morgan fingerprint density at radius 3 is 3.00 bits per heavy atom. The van der Waals surface area contributed by atoms with E-state index in [1.807, 2.05) is 49.5 Å². The second kappa shape index (κ2) is 6.47. The molecule has 1 aliphatic heterocycles. The Morgan fingerprint density at radius 2 is 2.12 bits per heavy atom. The number of carbonyl (C=O) groups excluding carboxylic acids is 1. The first-order chi connectivity index (χ1) is 12.2. The zero-order chi connectivity index (χ0) is 17.2. The lowest BCUT2D eigenvalue weighted by Gasteiger charge is -2.26. The number of aryl methyl sites for hydroxylation is 1. The highest BCUT2D eigenvalue weighted by Gasteiger charge is 2.21. The van der Waals surface area contributed by atoms with Crippen molar-refractivity contribution in [3.05, 3.63) is 59.9 Å². The van der Waals surface area contributed by atoms with Crippen LogP contribution in [0.3, 0.4) is 0 Å². The smallest absolute Gasteiger partial charge is 0.255 e. The number of nitrogens with one attached hydrogen (secondary N) is 1. The molecule has 1 amide bonds. The summed E-state index contributed by atoms with van der Waals surface area (Å²) in [5, 5.41) is 7.18. The van der Waals surface area contributed by atoms with Crippen molar-refractivity contribution in [2.45, 2.75) is 19.4 Å². The highest BCUT2D eigenvalue weighted by molar-refractivity contribution is 6.01. The second-order valence-corrected chi connectivity index (χ2v) is 6.08. The maximum atomic E-state index is 12.5. The lowest BCUT2D eigenvalue weighted by Crippen LogP contribution is -2.34. The van der Waals surface area contributed by atoms with Crippen molar-refractivity contribution < 1.29 is 14.3 Å². The highest BCUT2D eigenvalue weighted by Crippen LogP contribution is 2.31. The van der Waals surface area contributed by atoms with E-state index < -0.39 is 0 Å². The molecule has 3 aromatic rings. The van der Waals surface area contributed by atoms with Crippen LogP contribution in [0, 0.1) is 6.92 Å². The largest absolute Gasteiger partial charge is 0.486 e. The molecule has 0 saturated heterocycles. The van der Waals surface area contributed by atoms with Gasteiger partial charge in [-0.25, -0.2) is 4.52 Å². The molecule has 0 spiro atoms. The number of para-hydroxylation sites is 2. The molecule has 6 nitrogen and oxygen atoms in total. The van der Waals surface area contributed by atoms with Crippen LogP contribution >= 0.6 is 0 Å². The fourth-order valence-electron chi connectivity index (χ4n) is 3.03. The van der Waals surface area contributed by atoms with Gasteiger partial charge in [-0.15, -0.1) is 0 Å². The Bertz CT molecular complexity index is 919. The molecule has 25 heavy (non-hydrogen) atoms. The monoisotopic (exact) mass is 337 g/mol. The average molecular weight is 337 g/mol. The molecule has 0 bridgehead atoms. The van der Waals surface area contributed by atoms with Crippen LogP contribution in [0.2, 0.25) is 0 Å². The number of hydrogen-bond donors (Lipinski definition) is 1. The van der Waals surface area contributed by atoms with Gasteiger partial charge in [0.05, 0.1) is 17.3 Å². The number of hydrogen-bond acceptors (Lipinski definition) is 4. The van der Waals surface area contributed by atoms with E-state index in [0.29, 0.717) is 25.1 Å². The molecular weight excluding hydrogens is 318 g/mol. The number of fused-ring (bicyclic) bond motifs is 2. The fourth-order valence-corrected chi connectivity index (χ4v) is 3.03. The van der Waals surface area contributed by atoms with Crippen molar-refractivity contribution in [1.82, 2.24) is 14.9 Å². The third-order valence-electron chi connectivity index (χ3n) is 4.31. The Labute approximate surface area is 145 Å². The first-order valence-electron chi connectivity index (χ1n) is 8.32. The van der Waals surface area contributed by atoms with Gasteiger partial charge in [0.2, 0.25) is 0 Å². The van der Waals surface area contributed by atoms with E-state index in [9.17, 15) is 4.79 Å². The fraction of sp³-hybridized carbons (Fsp3) is 0.263. The van der Waals surface area contributed by atoms with E-state index in [1.165, 1.54) is 0 Å². The van der Waals surface area contributed by atoms with E-state index in [-0.39, 0.29) is 12.0 Å². The minimum atomic E-state index is -0.124. The van der Waals surface area contributed by atoms with Crippen molar-refractivity contribution in [2.75, 3.05) is 13.2 Å². The summed E-state index contributed by atoms with van der Waals surface area (Å²) in [5.41, 5.74) is 2.45. The Kier molecular flexibility index (Phi) is 4.01. The molecule has 1 atom stereocenters. The number of rotatable bonds is 4. The number of aromatic nitrogens is 2. The van der Waals surface area contributed by atoms with Gasteiger partial charge in [-0.05, 0) is 30.7 Å². The standard InChI is InChI=1S/C19H19N3O3/c1-13-5-4-10-22-18(13)15(11-21-22)19(23)20-9-8-14-12-24-16-6-2-3-7-17(16)25-14/h2-7,10-11,14H,8-9,12H2,1H3,(H,20,23). The summed E-state index contributed by atoms with van der Waals surface area (Å²) >= 11 is 0. The van der Waals surface area contributed by atoms with Crippen molar-refractivity contribution in [3.8, 4) is 11.5 Å². The number of pyridine rings is 1. The summed E-state index contributed by atoms with van der Waals surface area (Å²) in [4.78, 5) is 12.5. The van der Waals surface area contributed by atoms with Crippen LogP contribution in [0.4, 0.5) is 0 Å². The van der Waals surface area contributed by atoms with Gasteiger partial charge in [0.1, 0.15) is 12.7 Å². The van der Waals surface area contributed by atoms with Gasteiger partial charge < -0.3 is 14.8 Å². The van der Waals surface area contributed by atoms with Crippen LogP contribution in [0.1, 0.15) is 22.3 Å².